The van der Waals surface area contributed by atoms with Crippen LogP contribution >= 0.6 is 0 Å². The summed E-state index contributed by atoms with van der Waals surface area (Å²) in [5.41, 5.74) is 1.63. The van der Waals surface area contributed by atoms with Gasteiger partial charge in [-0.2, -0.15) is 0 Å². The smallest absolute Gasteiger partial charge is 0.254 e. The van der Waals surface area contributed by atoms with Crippen molar-refractivity contribution in [1.29, 1.82) is 0 Å². The molecule has 0 atom stereocenters. The van der Waals surface area contributed by atoms with Gasteiger partial charge in [-0.3, -0.25) is 9.78 Å². The fraction of sp³-hybridized carbons (Fsp3) is 0. The van der Waals surface area contributed by atoms with E-state index in [0.717, 1.165) is 0 Å². The fourth-order valence-electron chi connectivity index (χ4n) is 1.89. The lowest BCUT2D eigenvalue weighted by molar-refractivity contribution is -0.446. The lowest BCUT2D eigenvalue weighted by Crippen LogP contribution is -2.12. The molecular formula is C18H14O5. The third-order valence-corrected chi connectivity index (χ3v) is 3.02. The molecule has 0 saturated heterocycles. The lowest BCUT2D eigenvalue weighted by atomic mass is 10.1. The Morgan fingerprint density at radius 2 is 1.13 bits per heavy atom. The molecular weight excluding hydrogens is 296 g/mol. The normalized spacial score (nSPS) is 9.74. The summed E-state index contributed by atoms with van der Waals surface area (Å²) in [6.07, 6.45) is 3.01. The van der Waals surface area contributed by atoms with Gasteiger partial charge < -0.3 is 0 Å². The van der Waals surface area contributed by atoms with E-state index in [9.17, 15) is 9.59 Å². The minimum atomic E-state index is -0.801. The van der Waals surface area contributed by atoms with Gasteiger partial charge in [0.05, 0.1) is 11.1 Å². The first-order chi connectivity index (χ1) is 11.2. The summed E-state index contributed by atoms with van der Waals surface area (Å²) in [5, 5.41) is 4.30. The van der Waals surface area contributed by atoms with Crippen LogP contribution in [0, 0.1) is 0 Å². The zero-order valence-electron chi connectivity index (χ0n) is 12.2. The monoisotopic (exact) mass is 310 g/mol. The number of hydrogen-bond donors (Lipinski definition) is 0. The second-order valence-electron chi connectivity index (χ2n) is 4.39. The van der Waals surface area contributed by atoms with Crippen LogP contribution in [0.1, 0.15) is 31.8 Å². The standard InChI is InChI=1S/C18H14O5/c1-3-13-9-5-7-11-15(13)17(19)21-23-22-18(20)16-12-8-6-10-14(16)4-2/h3-12H,1-2H2. The predicted molar refractivity (Wildman–Crippen MR) is 85.0 cm³/mol. The van der Waals surface area contributed by atoms with Crippen LogP contribution in [0.4, 0.5) is 0 Å². The molecule has 0 heterocycles. The quantitative estimate of drug-likeness (QED) is 0.599. The highest BCUT2D eigenvalue weighted by molar-refractivity contribution is 5.94. The van der Waals surface area contributed by atoms with Crippen LogP contribution in [0.3, 0.4) is 0 Å². The summed E-state index contributed by atoms with van der Waals surface area (Å²) in [7, 11) is 0. The van der Waals surface area contributed by atoms with Crippen molar-refractivity contribution in [1.82, 2.24) is 0 Å². The first-order valence-corrected chi connectivity index (χ1v) is 6.70. The molecule has 5 heteroatoms. The average Bonchev–Trinajstić information content (AvgIpc) is 2.61. The lowest BCUT2D eigenvalue weighted by Gasteiger charge is -2.06. The molecule has 0 aliphatic carbocycles. The highest BCUT2D eigenvalue weighted by Crippen LogP contribution is 2.13. The summed E-state index contributed by atoms with van der Waals surface area (Å²) in [6.45, 7) is 7.20. The van der Waals surface area contributed by atoms with Gasteiger partial charge in [0.2, 0.25) is 0 Å². The molecule has 116 valence electrons. The fourth-order valence-corrected chi connectivity index (χ4v) is 1.89. The van der Waals surface area contributed by atoms with Gasteiger partial charge in [0, 0.05) is 5.04 Å². The van der Waals surface area contributed by atoms with Crippen molar-refractivity contribution in [3.8, 4) is 0 Å². The number of hydrogen-bond acceptors (Lipinski definition) is 5. The zero-order chi connectivity index (χ0) is 16.7. The molecule has 0 radical (unpaired) electrons. The first-order valence-electron chi connectivity index (χ1n) is 6.70. The minimum absolute atomic E-state index is 0.241. The molecule has 0 aromatic heterocycles. The van der Waals surface area contributed by atoms with Gasteiger partial charge in [-0.15, -0.1) is 0 Å². The Balaban J connectivity index is 1.97. The van der Waals surface area contributed by atoms with Gasteiger partial charge in [-0.1, -0.05) is 61.7 Å². The molecule has 0 aliphatic heterocycles. The van der Waals surface area contributed by atoms with Crippen LogP contribution in [0.5, 0.6) is 0 Å². The SMILES string of the molecule is C=Cc1ccccc1C(=O)OOOC(=O)c1ccccc1C=C. The summed E-state index contributed by atoms with van der Waals surface area (Å²) < 4.78 is 0. The van der Waals surface area contributed by atoms with E-state index >= 15 is 0 Å². The maximum Gasteiger partial charge on any atom is 0.377 e. The highest BCUT2D eigenvalue weighted by Gasteiger charge is 2.16. The van der Waals surface area contributed by atoms with Crippen LogP contribution in [0.25, 0.3) is 12.2 Å². The van der Waals surface area contributed by atoms with E-state index in [2.05, 4.69) is 28.0 Å². The Labute approximate surface area is 133 Å². The van der Waals surface area contributed by atoms with E-state index in [1.807, 2.05) is 0 Å². The van der Waals surface area contributed by atoms with Gasteiger partial charge in [0.15, 0.2) is 0 Å². The van der Waals surface area contributed by atoms with Crippen molar-refractivity contribution in [3.05, 3.63) is 83.9 Å². The van der Waals surface area contributed by atoms with Crippen molar-refractivity contribution < 1.29 is 24.4 Å². The third kappa shape index (κ3) is 3.93. The van der Waals surface area contributed by atoms with Crippen molar-refractivity contribution in [3.63, 3.8) is 0 Å². The van der Waals surface area contributed by atoms with Crippen molar-refractivity contribution >= 4 is 24.1 Å². The van der Waals surface area contributed by atoms with Gasteiger partial charge >= 0.3 is 11.9 Å². The van der Waals surface area contributed by atoms with Crippen molar-refractivity contribution in [2.24, 2.45) is 0 Å². The molecule has 0 fully saturated rings. The Morgan fingerprint density at radius 3 is 1.52 bits per heavy atom. The van der Waals surface area contributed by atoms with E-state index < -0.39 is 11.9 Å². The topological polar surface area (TPSA) is 61.8 Å². The molecule has 0 saturated carbocycles. The van der Waals surface area contributed by atoms with Gasteiger partial charge in [0.25, 0.3) is 0 Å². The number of carbonyl (C=O) groups is 2. The van der Waals surface area contributed by atoms with E-state index in [-0.39, 0.29) is 11.1 Å². The van der Waals surface area contributed by atoms with Gasteiger partial charge in [0.1, 0.15) is 0 Å². The molecule has 0 N–H and O–H groups in total. The van der Waals surface area contributed by atoms with Crippen molar-refractivity contribution in [2.75, 3.05) is 0 Å². The van der Waals surface area contributed by atoms with E-state index in [4.69, 9.17) is 0 Å². The Bertz CT molecular complexity index is 685. The molecule has 2 aromatic rings. The molecule has 0 amide bonds. The highest BCUT2D eigenvalue weighted by atomic mass is 17.5. The maximum atomic E-state index is 11.9. The van der Waals surface area contributed by atoms with E-state index in [1.54, 1.807) is 36.4 Å². The molecule has 2 aromatic carbocycles. The number of carbonyl (C=O) groups excluding carboxylic acids is 2. The maximum absolute atomic E-state index is 11.9. The number of rotatable bonds is 6. The molecule has 0 spiro atoms. The largest absolute Gasteiger partial charge is 0.377 e. The van der Waals surface area contributed by atoms with Crippen LogP contribution in [-0.2, 0) is 14.8 Å². The van der Waals surface area contributed by atoms with Gasteiger partial charge in [-0.25, -0.2) is 9.59 Å². The average molecular weight is 310 g/mol. The van der Waals surface area contributed by atoms with Crippen LogP contribution in [0.2, 0.25) is 0 Å². The molecule has 0 unspecified atom stereocenters. The van der Waals surface area contributed by atoms with Crippen LogP contribution in [-0.4, -0.2) is 11.9 Å². The summed E-state index contributed by atoms with van der Waals surface area (Å²) in [4.78, 5) is 32.7. The molecule has 0 bridgehead atoms. The summed E-state index contributed by atoms with van der Waals surface area (Å²) >= 11 is 0. The van der Waals surface area contributed by atoms with E-state index in [0.29, 0.717) is 11.1 Å². The Morgan fingerprint density at radius 1 is 0.739 bits per heavy atom. The third-order valence-electron chi connectivity index (χ3n) is 3.02. The van der Waals surface area contributed by atoms with Crippen LogP contribution < -0.4 is 0 Å². The van der Waals surface area contributed by atoms with E-state index in [1.165, 1.54) is 24.3 Å². The Hall–Kier alpha value is -3.18. The zero-order valence-corrected chi connectivity index (χ0v) is 12.2. The minimum Gasteiger partial charge on any atom is -0.254 e. The number of benzene rings is 2. The molecule has 0 aliphatic rings. The predicted octanol–water partition coefficient (Wildman–Crippen LogP) is 3.83. The summed E-state index contributed by atoms with van der Waals surface area (Å²) in [5.74, 6) is -1.60. The Kier molecular flexibility index (Phi) is 5.44. The molecule has 2 rings (SSSR count). The first kappa shape index (κ1) is 16.2. The second-order valence-corrected chi connectivity index (χ2v) is 4.39. The molecule has 23 heavy (non-hydrogen) atoms. The molecule has 5 nitrogen and oxygen atoms in total. The summed E-state index contributed by atoms with van der Waals surface area (Å²) in [6, 6.07) is 13.3. The second kappa shape index (κ2) is 7.72. The van der Waals surface area contributed by atoms with Gasteiger partial charge in [-0.05, 0) is 23.3 Å². The van der Waals surface area contributed by atoms with Crippen LogP contribution in [0.15, 0.2) is 61.7 Å². The van der Waals surface area contributed by atoms with Crippen molar-refractivity contribution in [2.45, 2.75) is 0 Å².